The fourth-order valence-electron chi connectivity index (χ4n) is 10.7. The standard InChI is InChI=1S/C42H72O11/c1-11-29(38(46)47)31-15-14-23(4)36(50-31)27(8)34(44)26(7)35(45)30(12-2)37-24(5)22-25(6)41(51-37)19-16-32(43)42(53-41)21-20-39(10,52-42)33-17-18-40(48,13-3)28(9)49-33/h16,19,23-37,43-45,48H,11-15,17-18,20-22H2,1-10H3,(H,46,47)/t23?,24-,25+,26-,27-,28-,29+,30-,31+,32+,33+,34+,35+,36+,37-,39-,40+,41-,42-/m0/s1. The van der Waals surface area contributed by atoms with Crippen molar-refractivity contribution in [2.45, 2.75) is 205 Å². The molecule has 5 N–H and O–H groups in total. The van der Waals surface area contributed by atoms with E-state index in [1.165, 1.54) is 0 Å². The van der Waals surface area contributed by atoms with Gasteiger partial charge in [0.1, 0.15) is 6.10 Å². The Bertz CT molecular complexity index is 1280. The normalized spacial score (nSPS) is 46.9. The lowest BCUT2D eigenvalue weighted by Gasteiger charge is -2.55. The van der Waals surface area contributed by atoms with Crippen LogP contribution in [0.3, 0.4) is 0 Å². The summed E-state index contributed by atoms with van der Waals surface area (Å²) in [5.41, 5.74) is -1.61. The van der Waals surface area contributed by atoms with E-state index in [9.17, 15) is 30.3 Å². The molecule has 5 aliphatic rings. The SMILES string of the molecule is CC[C@@H]([C@H](O)[C@@H](C)[C@@H](O)[C@H](C)[C@@H]1O[C@@H]([C@@H](CC)C(=O)O)CCC1C)[C@H]1O[C@]2(C=C[C@@H](O)[C@]3(CC[C@@](C)([C@H]4CC[C@](O)(CC)[C@H](C)O4)O3)O2)[C@H](C)C[C@@H]1C. The molecule has 0 bridgehead atoms. The summed E-state index contributed by atoms with van der Waals surface area (Å²) >= 11 is 0. The van der Waals surface area contributed by atoms with Gasteiger partial charge < -0.3 is 49.2 Å². The van der Waals surface area contributed by atoms with E-state index in [-0.39, 0.29) is 47.9 Å². The first-order chi connectivity index (χ1) is 24.8. The van der Waals surface area contributed by atoms with Crippen LogP contribution in [0.4, 0.5) is 0 Å². The van der Waals surface area contributed by atoms with Gasteiger partial charge in [-0.1, -0.05) is 55.4 Å². The Balaban J connectivity index is 1.31. The number of hydrogen-bond donors (Lipinski definition) is 5. The predicted octanol–water partition coefficient (Wildman–Crippen LogP) is 5.98. The molecular formula is C42H72O11. The molecule has 0 aromatic rings. The second kappa shape index (κ2) is 16.4. The molecule has 19 atom stereocenters. The van der Waals surface area contributed by atoms with Crippen molar-refractivity contribution in [3.8, 4) is 0 Å². The summed E-state index contributed by atoms with van der Waals surface area (Å²) in [5.74, 6) is -5.03. The van der Waals surface area contributed by atoms with Crippen LogP contribution in [-0.4, -0.2) is 103 Å². The first kappa shape index (κ1) is 43.0. The van der Waals surface area contributed by atoms with E-state index in [0.29, 0.717) is 51.4 Å². The molecule has 0 aromatic carbocycles. The summed E-state index contributed by atoms with van der Waals surface area (Å²) in [7, 11) is 0. The van der Waals surface area contributed by atoms with Gasteiger partial charge in [0.15, 0.2) is 5.79 Å². The first-order valence-corrected chi connectivity index (χ1v) is 20.9. The van der Waals surface area contributed by atoms with Gasteiger partial charge in [0.2, 0.25) is 5.79 Å². The van der Waals surface area contributed by atoms with E-state index >= 15 is 0 Å². The lowest BCUT2D eigenvalue weighted by Crippen LogP contribution is -2.63. The number of hydrogen-bond acceptors (Lipinski definition) is 10. The van der Waals surface area contributed by atoms with E-state index < -0.39 is 71.1 Å². The fourth-order valence-corrected chi connectivity index (χ4v) is 10.7. The maximum absolute atomic E-state index is 12.1. The maximum atomic E-state index is 12.1. The molecular weight excluding hydrogens is 680 g/mol. The van der Waals surface area contributed by atoms with Crippen LogP contribution >= 0.6 is 0 Å². The van der Waals surface area contributed by atoms with Crippen LogP contribution in [0.25, 0.3) is 0 Å². The van der Waals surface area contributed by atoms with Crippen LogP contribution in [0.15, 0.2) is 12.2 Å². The molecule has 11 heteroatoms. The Hall–Kier alpha value is -1.15. The van der Waals surface area contributed by atoms with E-state index in [1.54, 1.807) is 6.08 Å². The second-order valence-corrected chi connectivity index (χ2v) is 18.1. The molecule has 5 aliphatic heterocycles. The third-order valence-corrected chi connectivity index (χ3v) is 14.7. The largest absolute Gasteiger partial charge is 0.481 e. The van der Waals surface area contributed by atoms with Crippen molar-refractivity contribution in [3.05, 3.63) is 12.2 Å². The second-order valence-electron chi connectivity index (χ2n) is 18.1. The first-order valence-electron chi connectivity index (χ1n) is 20.9. The average molecular weight is 753 g/mol. The number of carboxylic acids is 1. The summed E-state index contributed by atoms with van der Waals surface area (Å²) in [6.45, 7) is 19.9. The van der Waals surface area contributed by atoms with Crippen LogP contribution in [0.5, 0.6) is 0 Å². The molecule has 306 valence electrons. The molecule has 4 saturated heterocycles. The Labute approximate surface area is 318 Å². The number of rotatable bonds is 12. The van der Waals surface area contributed by atoms with Crippen molar-refractivity contribution >= 4 is 5.97 Å². The Morgan fingerprint density at radius 1 is 0.887 bits per heavy atom. The molecule has 0 amide bonds. The van der Waals surface area contributed by atoms with Crippen molar-refractivity contribution in [2.24, 2.45) is 41.4 Å². The summed E-state index contributed by atoms with van der Waals surface area (Å²) < 4.78 is 33.6. The molecule has 5 rings (SSSR count). The van der Waals surface area contributed by atoms with Crippen LogP contribution in [0.1, 0.15) is 133 Å². The summed E-state index contributed by atoms with van der Waals surface area (Å²) in [5, 5.41) is 56.1. The minimum atomic E-state index is -1.35. The van der Waals surface area contributed by atoms with Gasteiger partial charge in [-0.15, -0.1) is 0 Å². The molecule has 1 unspecified atom stereocenters. The zero-order valence-electron chi connectivity index (χ0n) is 34.1. The van der Waals surface area contributed by atoms with Gasteiger partial charge in [0, 0.05) is 30.1 Å². The van der Waals surface area contributed by atoms with Crippen molar-refractivity contribution in [1.82, 2.24) is 0 Å². The summed E-state index contributed by atoms with van der Waals surface area (Å²) in [6, 6.07) is 0. The van der Waals surface area contributed by atoms with Gasteiger partial charge in [0.05, 0.1) is 59.8 Å². The number of aliphatic hydroxyl groups is 4. The number of carboxylic acid groups (broad SMARTS) is 1. The molecule has 0 aliphatic carbocycles. The predicted molar refractivity (Wildman–Crippen MR) is 200 cm³/mol. The quantitative estimate of drug-likeness (QED) is 0.149. The number of ether oxygens (including phenoxy) is 5. The monoisotopic (exact) mass is 753 g/mol. The van der Waals surface area contributed by atoms with Gasteiger partial charge in [0.25, 0.3) is 0 Å². The summed E-state index contributed by atoms with van der Waals surface area (Å²) in [6.07, 6.45) is 5.20. The van der Waals surface area contributed by atoms with Crippen LogP contribution in [0, 0.1) is 41.4 Å². The van der Waals surface area contributed by atoms with Crippen molar-refractivity contribution in [2.75, 3.05) is 0 Å². The highest BCUT2D eigenvalue weighted by Crippen LogP contribution is 2.54. The average Bonchev–Trinajstić information content (AvgIpc) is 3.47. The van der Waals surface area contributed by atoms with E-state index in [4.69, 9.17) is 23.7 Å². The van der Waals surface area contributed by atoms with Crippen molar-refractivity contribution in [3.63, 3.8) is 0 Å². The maximum Gasteiger partial charge on any atom is 0.309 e. The third-order valence-electron chi connectivity index (χ3n) is 14.7. The molecule has 11 nitrogen and oxygen atoms in total. The minimum Gasteiger partial charge on any atom is -0.481 e. The van der Waals surface area contributed by atoms with Gasteiger partial charge in [-0.05, 0) is 95.6 Å². The Morgan fingerprint density at radius 2 is 1.58 bits per heavy atom. The fraction of sp³-hybridized carbons (Fsp3) is 0.929. The van der Waals surface area contributed by atoms with E-state index in [1.807, 2.05) is 54.5 Å². The number of aliphatic hydroxyl groups excluding tert-OH is 3. The van der Waals surface area contributed by atoms with Gasteiger partial charge in [-0.25, -0.2) is 0 Å². The van der Waals surface area contributed by atoms with Gasteiger partial charge >= 0.3 is 5.97 Å². The highest BCUT2D eigenvalue weighted by molar-refractivity contribution is 5.70. The third kappa shape index (κ3) is 8.04. The lowest BCUT2D eigenvalue weighted by atomic mass is 9.72. The molecule has 0 saturated carbocycles. The smallest absolute Gasteiger partial charge is 0.309 e. The molecule has 0 aromatic heterocycles. The molecule has 2 spiro atoms. The highest BCUT2D eigenvalue weighted by Gasteiger charge is 2.63. The van der Waals surface area contributed by atoms with Gasteiger partial charge in [-0.3, -0.25) is 4.79 Å². The lowest BCUT2D eigenvalue weighted by molar-refractivity contribution is -0.411. The minimum absolute atomic E-state index is 0.0745. The Kier molecular flexibility index (Phi) is 13.3. The van der Waals surface area contributed by atoms with Crippen molar-refractivity contribution in [1.29, 1.82) is 0 Å². The Morgan fingerprint density at radius 3 is 2.19 bits per heavy atom. The van der Waals surface area contributed by atoms with Crippen LogP contribution in [-0.2, 0) is 28.5 Å². The zero-order valence-corrected chi connectivity index (χ0v) is 34.1. The molecule has 5 heterocycles. The number of aliphatic carboxylic acids is 1. The van der Waals surface area contributed by atoms with Crippen molar-refractivity contribution < 1.29 is 54.0 Å². The molecule has 0 radical (unpaired) electrons. The molecule has 53 heavy (non-hydrogen) atoms. The number of carbonyl (C=O) groups is 1. The zero-order chi connectivity index (χ0) is 39.3. The van der Waals surface area contributed by atoms with E-state index in [2.05, 4.69) is 20.8 Å². The van der Waals surface area contributed by atoms with Crippen LogP contribution in [0.2, 0.25) is 0 Å². The van der Waals surface area contributed by atoms with Crippen LogP contribution < -0.4 is 0 Å². The molecule has 4 fully saturated rings. The van der Waals surface area contributed by atoms with E-state index in [0.717, 1.165) is 12.8 Å². The highest BCUT2D eigenvalue weighted by atomic mass is 16.8. The summed E-state index contributed by atoms with van der Waals surface area (Å²) in [4.78, 5) is 11.9. The topological polar surface area (TPSA) is 164 Å². The van der Waals surface area contributed by atoms with Gasteiger partial charge in [-0.2, -0.15) is 0 Å².